The Labute approximate surface area is 332 Å². The fraction of sp³-hybridized carbons (Fsp3) is 0.500. The van der Waals surface area contributed by atoms with E-state index in [1.165, 1.54) is 0 Å². The maximum absolute atomic E-state index is 8.89. The second-order valence-corrected chi connectivity index (χ2v) is 7.33. The molecule has 0 rings (SSSR count). The molecule has 36 heteroatoms. The molecule has 0 aromatic carbocycles. The molecule has 268 valence electrons. The van der Waals surface area contributed by atoms with Gasteiger partial charge in [-0.15, -0.1) is 0 Å². The monoisotopic (exact) mass is 1060 g/mol. The molecular weight excluding hydrogens is 1050 g/mol. The van der Waals surface area contributed by atoms with E-state index in [4.69, 9.17) is 117 Å². The average Bonchev–Trinajstić information content (AvgIpc) is 2.24. The summed E-state index contributed by atoms with van der Waals surface area (Å²) in [5, 5.41) is 35.6. The average molecular weight is 1060 g/mol. The molecule has 0 saturated heterocycles. The summed E-state index contributed by atoms with van der Waals surface area (Å²) < 4.78 is 34.2. The molecule has 0 fully saturated rings. The van der Waals surface area contributed by atoms with E-state index in [9.17, 15) is 0 Å². The van der Waals surface area contributed by atoms with Crippen molar-refractivity contribution in [2.45, 2.75) is 27.7 Å². The molecule has 0 N–H and O–H groups in total. The van der Waals surface area contributed by atoms with Gasteiger partial charge < -0.3 is 117 Å². The Balaban J connectivity index is -0.0000000142. The number of phosphoric acid groups is 4. The van der Waals surface area contributed by atoms with Crippen molar-refractivity contribution >= 4 is 55.2 Å². The first-order chi connectivity index (χ1) is 14.9. The van der Waals surface area contributed by atoms with Gasteiger partial charge in [0.1, 0.15) is 0 Å². The first-order valence-electron chi connectivity index (χ1n) is 6.55. The summed E-state index contributed by atoms with van der Waals surface area (Å²) >= 11 is 0. The third kappa shape index (κ3) is 14000. The van der Waals surface area contributed by atoms with Crippen LogP contribution in [0.5, 0.6) is 0 Å². The van der Waals surface area contributed by atoms with Crippen molar-refractivity contribution < 1.29 is 253 Å². The summed E-state index contributed by atoms with van der Waals surface area (Å²) in [6, 6.07) is 0. The minimum Gasteiger partial charge on any atom is -0.822 e. The summed E-state index contributed by atoms with van der Waals surface area (Å²) in [4.78, 5) is 138. The van der Waals surface area contributed by atoms with Crippen molar-refractivity contribution in [1.29, 1.82) is 0 Å². The smallest absolute Gasteiger partial charge is 0.822 e. The van der Waals surface area contributed by atoms with Gasteiger partial charge in [-0.1, -0.05) is 0 Å². The fourth-order valence-corrected chi connectivity index (χ4v) is 0. The summed E-state index contributed by atoms with van der Waals surface area (Å²) in [5.74, 6) is -4.33. The first-order valence-corrected chi connectivity index (χ1v) is 12.4. The number of carboxylic acids is 4. The quantitative estimate of drug-likeness (QED) is 0.161. The van der Waals surface area contributed by atoms with Crippen molar-refractivity contribution in [3.05, 3.63) is 0 Å². The van der Waals surface area contributed by atoms with Gasteiger partial charge in [-0.05, 0) is 27.7 Å². The molecule has 0 aromatic heterocycles. The Kier molecular flexibility index (Phi) is 143. The molecule has 0 saturated carbocycles. The van der Waals surface area contributed by atoms with Crippen LogP contribution in [0.1, 0.15) is 27.7 Å². The van der Waals surface area contributed by atoms with Crippen molar-refractivity contribution in [3.63, 3.8) is 0 Å². The molecule has 0 spiro atoms. The zero-order valence-electron chi connectivity index (χ0n) is 20.5. The van der Waals surface area contributed by atoms with E-state index in [0.29, 0.717) is 0 Å². The Bertz CT molecular complexity index is 608. The number of carboxylic acid groups (broad SMARTS) is 4. The maximum Gasteiger partial charge on any atom is 2.00 e. The SMILES string of the molecule is CC(=O)[O-].CC(=O)[O-].CC(=O)[O-].CC(=O)[O-].O=P([O-])([O-])[O-].O=P([O-])([O-])[O-].O=P([O-])([O-])[O-].O=P([O-])([O-])[O-].[Co+2].[Co+2].[Mn+2].[Mn+2].[Mn+2].[Mn+2].[Mn+2].[Mn+2]. The summed E-state index contributed by atoms with van der Waals surface area (Å²) in [7, 11) is -21.6. The van der Waals surface area contributed by atoms with Crippen LogP contribution in [0.4, 0.5) is 0 Å². The Morgan fingerprint density at radius 3 is 0.318 bits per heavy atom. The Morgan fingerprint density at radius 1 is 0.318 bits per heavy atom. The van der Waals surface area contributed by atoms with E-state index in [1.807, 2.05) is 0 Å². The van der Waals surface area contributed by atoms with Gasteiger partial charge in [0.2, 0.25) is 0 Å². The number of hydrogen-bond donors (Lipinski definition) is 0. The molecule has 0 atom stereocenters. The van der Waals surface area contributed by atoms with Gasteiger partial charge in [0.25, 0.3) is 0 Å². The minimum absolute atomic E-state index is 0. The molecule has 0 aliphatic rings. The van der Waals surface area contributed by atoms with Crippen LogP contribution in [0.3, 0.4) is 0 Å². The van der Waals surface area contributed by atoms with Crippen LogP contribution in [-0.4, -0.2) is 23.9 Å². The van der Waals surface area contributed by atoms with E-state index < -0.39 is 55.2 Å². The molecule has 0 bridgehead atoms. The van der Waals surface area contributed by atoms with Crippen LogP contribution < -0.4 is 79.1 Å². The predicted octanol–water partition coefficient (Wildman–Crippen LogP) is -16.3. The van der Waals surface area contributed by atoms with Gasteiger partial charge in [0.15, 0.2) is 0 Å². The van der Waals surface area contributed by atoms with E-state index in [0.717, 1.165) is 27.7 Å². The van der Waals surface area contributed by atoms with E-state index >= 15 is 0 Å². The third-order valence-corrected chi connectivity index (χ3v) is 0. The van der Waals surface area contributed by atoms with Gasteiger partial charge in [-0.25, -0.2) is 0 Å². The van der Waals surface area contributed by atoms with E-state index in [-0.39, 0.29) is 136 Å². The third-order valence-electron chi connectivity index (χ3n) is 0. The van der Waals surface area contributed by atoms with Gasteiger partial charge >= 0.3 is 136 Å². The number of aliphatic carboxylic acids is 4. The van der Waals surface area contributed by atoms with Gasteiger partial charge in [-0.3, -0.25) is 0 Å². The van der Waals surface area contributed by atoms with E-state index in [1.54, 1.807) is 0 Å². The molecule has 0 aliphatic carbocycles. The van der Waals surface area contributed by atoms with Crippen LogP contribution in [0, 0.1) is 0 Å². The van der Waals surface area contributed by atoms with Crippen molar-refractivity contribution in [2.75, 3.05) is 0 Å². The number of carbonyl (C=O) groups excluding carboxylic acids is 4. The maximum atomic E-state index is 8.89. The Hall–Kier alpha value is 2.45. The molecule has 0 aromatic rings. The summed E-state index contributed by atoms with van der Waals surface area (Å²) in [6.07, 6.45) is 0. The van der Waals surface area contributed by atoms with Gasteiger partial charge in [-0.2, -0.15) is 31.3 Å². The topological polar surface area (TPSA) is 506 Å². The molecule has 0 unspecified atom stereocenters. The zero-order valence-corrected chi connectivity index (χ0v) is 33.3. The minimum atomic E-state index is -5.39. The molecular formula is C8H12Co2Mn6O24P4. The van der Waals surface area contributed by atoms with Crippen LogP contribution >= 0.6 is 31.3 Å². The second kappa shape index (κ2) is 60.7. The van der Waals surface area contributed by atoms with Crippen molar-refractivity contribution in [3.8, 4) is 0 Å². The normalized spacial score (nSPS) is 7.64. The largest absolute Gasteiger partial charge is 2.00 e. The molecule has 0 aliphatic heterocycles. The molecule has 44 heavy (non-hydrogen) atoms. The fourth-order valence-electron chi connectivity index (χ4n) is 0. The van der Waals surface area contributed by atoms with Crippen LogP contribution in [0.25, 0.3) is 0 Å². The summed E-state index contributed by atoms with van der Waals surface area (Å²) in [5.41, 5.74) is 0. The van der Waals surface area contributed by atoms with Crippen molar-refractivity contribution in [2.24, 2.45) is 0 Å². The van der Waals surface area contributed by atoms with Crippen LogP contribution in [0.15, 0.2) is 0 Å². The van der Waals surface area contributed by atoms with Crippen molar-refractivity contribution in [1.82, 2.24) is 0 Å². The second-order valence-electron chi connectivity index (χ2n) is 3.76. The Morgan fingerprint density at radius 2 is 0.318 bits per heavy atom. The first kappa shape index (κ1) is 103. The van der Waals surface area contributed by atoms with Crippen LogP contribution in [-0.2, 0) is 173 Å². The molecule has 0 amide bonds. The number of hydrogen-bond acceptors (Lipinski definition) is 24. The zero-order chi connectivity index (χ0) is 32.3. The van der Waals surface area contributed by atoms with Crippen LogP contribution in [0.2, 0.25) is 0 Å². The van der Waals surface area contributed by atoms with Gasteiger partial charge in [0.05, 0.1) is 0 Å². The van der Waals surface area contributed by atoms with E-state index in [2.05, 4.69) is 0 Å². The standard InChI is InChI=1S/4C2H4O2.2Co.6Mn.4H3O4P/c4*1-2(3)4;;;;;;;;;4*1-5(2,3)4/h4*1H3,(H,3,4);;;;;;;;;4*(H3,1,2,3,4)/q;;;;8*+2;;;;/p-16. The number of carbonyl (C=O) groups is 4. The van der Waals surface area contributed by atoms with Gasteiger partial charge in [0, 0.05) is 23.9 Å². The molecule has 8 radical (unpaired) electrons. The molecule has 0 heterocycles. The molecule has 24 nitrogen and oxygen atoms in total. The summed E-state index contributed by atoms with van der Waals surface area (Å²) in [6.45, 7) is 3.89. The number of rotatable bonds is 0. The predicted molar refractivity (Wildman–Crippen MR) is 73.2 cm³/mol.